The fraction of sp³-hybridized carbons (Fsp3) is 0.154. The minimum atomic E-state index is -1.04. The van der Waals surface area contributed by atoms with Gasteiger partial charge in [-0.3, -0.25) is 0 Å². The summed E-state index contributed by atoms with van der Waals surface area (Å²) in [5, 5.41) is 2.43. The lowest BCUT2D eigenvalue weighted by Gasteiger charge is -2.10. The molecule has 20 heavy (non-hydrogen) atoms. The Morgan fingerprint density at radius 2 is 2.00 bits per heavy atom. The van der Waals surface area contributed by atoms with E-state index in [1.54, 1.807) is 6.92 Å². The number of nitrogens with zero attached hydrogens (tertiary/aromatic N) is 1. The minimum absolute atomic E-state index is 0.170. The van der Waals surface area contributed by atoms with Crippen LogP contribution in [0.25, 0.3) is 0 Å². The van der Waals surface area contributed by atoms with Crippen molar-refractivity contribution in [1.82, 2.24) is 4.98 Å². The molecule has 1 heterocycles. The Hall–Kier alpha value is -1.95. The van der Waals surface area contributed by atoms with Gasteiger partial charge in [-0.2, -0.15) is 4.98 Å². The molecule has 0 unspecified atom stereocenters. The molecular weight excluding hydrogens is 293 g/mol. The molecule has 0 saturated heterocycles. The zero-order valence-corrected chi connectivity index (χ0v) is 11.1. The molecule has 0 fully saturated rings. The maximum Gasteiger partial charge on any atom is 0.258 e. The average molecular weight is 303 g/mol. The second-order valence-electron chi connectivity index (χ2n) is 3.79. The van der Waals surface area contributed by atoms with Gasteiger partial charge in [0.1, 0.15) is 0 Å². The summed E-state index contributed by atoms with van der Waals surface area (Å²) in [6.45, 7) is 2.11. The van der Waals surface area contributed by atoms with Crippen molar-refractivity contribution >= 4 is 17.4 Å². The summed E-state index contributed by atoms with van der Waals surface area (Å²) in [4.78, 5) is 3.63. The molecule has 106 valence electrons. The highest BCUT2D eigenvalue weighted by molar-refractivity contribution is 6.30. The predicted molar refractivity (Wildman–Crippen MR) is 69.8 cm³/mol. The highest BCUT2D eigenvalue weighted by atomic mass is 35.5. The highest BCUT2D eigenvalue weighted by Crippen LogP contribution is 2.30. The standard InChI is InChI=1S/C13H10ClF3N2O/c1-2-18-12-8(15)6-9(16)13(19-12)20-10-5-3-4-7(14)11(10)17/h3-6H,2H2,1H3,(H,18,19). The third-order valence-electron chi connectivity index (χ3n) is 2.36. The SMILES string of the molecule is CCNc1nc(Oc2cccc(Cl)c2F)c(F)cc1F. The van der Waals surface area contributed by atoms with E-state index in [-0.39, 0.29) is 16.6 Å². The molecule has 0 aliphatic rings. The third-order valence-corrected chi connectivity index (χ3v) is 2.66. The third kappa shape index (κ3) is 2.96. The van der Waals surface area contributed by atoms with Crippen LogP contribution in [0.2, 0.25) is 5.02 Å². The fourth-order valence-corrected chi connectivity index (χ4v) is 1.65. The van der Waals surface area contributed by atoms with Crippen LogP contribution in [0.5, 0.6) is 11.6 Å². The van der Waals surface area contributed by atoms with Gasteiger partial charge in [-0.05, 0) is 19.1 Å². The summed E-state index contributed by atoms with van der Waals surface area (Å²) in [6.07, 6.45) is 0. The maximum absolute atomic E-state index is 13.7. The second-order valence-corrected chi connectivity index (χ2v) is 4.20. The first kappa shape index (κ1) is 14.5. The van der Waals surface area contributed by atoms with E-state index in [1.165, 1.54) is 18.2 Å². The molecule has 1 aromatic heterocycles. The first-order valence-corrected chi connectivity index (χ1v) is 6.12. The number of hydrogen-bond acceptors (Lipinski definition) is 3. The Morgan fingerprint density at radius 1 is 1.25 bits per heavy atom. The van der Waals surface area contributed by atoms with Crippen LogP contribution in [0, 0.1) is 17.5 Å². The summed E-state index contributed by atoms with van der Waals surface area (Å²) in [5.74, 6) is -3.75. The predicted octanol–water partition coefficient (Wildman–Crippen LogP) is 4.38. The van der Waals surface area contributed by atoms with Crippen LogP contribution < -0.4 is 10.1 Å². The van der Waals surface area contributed by atoms with E-state index in [4.69, 9.17) is 16.3 Å². The van der Waals surface area contributed by atoms with Crippen LogP contribution in [0.3, 0.4) is 0 Å². The molecule has 1 aromatic carbocycles. The summed E-state index contributed by atoms with van der Waals surface area (Å²) in [5.41, 5.74) is 0. The van der Waals surface area contributed by atoms with Crippen molar-refractivity contribution in [1.29, 1.82) is 0 Å². The normalized spacial score (nSPS) is 10.4. The maximum atomic E-state index is 13.7. The van der Waals surface area contributed by atoms with Gasteiger partial charge in [0.15, 0.2) is 29.0 Å². The molecule has 2 aromatic rings. The number of anilines is 1. The molecule has 0 aliphatic carbocycles. The first-order chi connectivity index (χ1) is 9.52. The number of hydrogen-bond donors (Lipinski definition) is 1. The summed E-state index contributed by atoms with van der Waals surface area (Å²) in [7, 11) is 0. The number of rotatable bonds is 4. The number of nitrogens with one attached hydrogen (secondary N) is 1. The Morgan fingerprint density at radius 3 is 2.70 bits per heavy atom. The molecule has 0 amide bonds. The molecule has 0 spiro atoms. The fourth-order valence-electron chi connectivity index (χ4n) is 1.48. The Bertz CT molecular complexity index is 637. The van der Waals surface area contributed by atoms with Gasteiger partial charge in [0.25, 0.3) is 5.88 Å². The first-order valence-electron chi connectivity index (χ1n) is 5.74. The number of halogens is 4. The molecule has 0 saturated carbocycles. The lowest BCUT2D eigenvalue weighted by molar-refractivity contribution is 0.395. The summed E-state index contributed by atoms with van der Waals surface area (Å²) in [6, 6.07) is 4.64. The zero-order valence-electron chi connectivity index (χ0n) is 10.4. The van der Waals surface area contributed by atoms with Crippen molar-refractivity contribution in [3.8, 4) is 11.6 Å². The van der Waals surface area contributed by atoms with Crippen LogP contribution in [0.4, 0.5) is 19.0 Å². The Labute approximate surface area is 118 Å². The Kier molecular flexibility index (Phi) is 4.34. The van der Waals surface area contributed by atoms with Gasteiger partial charge in [-0.25, -0.2) is 13.2 Å². The second kappa shape index (κ2) is 6.00. The van der Waals surface area contributed by atoms with Gasteiger partial charge in [-0.15, -0.1) is 0 Å². The number of aromatic nitrogens is 1. The zero-order chi connectivity index (χ0) is 14.7. The van der Waals surface area contributed by atoms with E-state index in [0.29, 0.717) is 12.6 Å². The van der Waals surface area contributed by atoms with Gasteiger partial charge in [0.05, 0.1) is 5.02 Å². The van der Waals surface area contributed by atoms with E-state index in [2.05, 4.69) is 10.3 Å². The molecule has 3 nitrogen and oxygen atoms in total. The van der Waals surface area contributed by atoms with Crippen LogP contribution in [-0.2, 0) is 0 Å². The van der Waals surface area contributed by atoms with E-state index >= 15 is 0 Å². The molecule has 2 rings (SSSR count). The van der Waals surface area contributed by atoms with Gasteiger partial charge in [0, 0.05) is 12.6 Å². The molecule has 7 heteroatoms. The van der Waals surface area contributed by atoms with Crippen molar-refractivity contribution < 1.29 is 17.9 Å². The van der Waals surface area contributed by atoms with Crippen LogP contribution in [0.15, 0.2) is 24.3 Å². The minimum Gasteiger partial charge on any atom is -0.433 e. The van der Waals surface area contributed by atoms with E-state index < -0.39 is 23.3 Å². The molecule has 0 atom stereocenters. The van der Waals surface area contributed by atoms with Crippen molar-refractivity contribution in [2.45, 2.75) is 6.92 Å². The van der Waals surface area contributed by atoms with Crippen LogP contribution in [-0.4, -0.2) is 11.5 Å². The lowest BCUT2D eigenvalue weighted by atomic mass is 10.3. The quantitative estimate of drug-likeness (QED) is 0.910. The molecule has 0 bridgehead atoms. The summed E-state index contributed by atoms with van der Waals surface area (Å²) < 4.78 is 45.6. The van der Waals surface area contributed by atoms with Crippen LogP contribution >= 0.6 is 11.6 Å². The largest absolute Gasteiger partial charge is 0.433 e. The van der Waals surface area contributed by atoms with Crippen LogP contribution in [0.1, 0.15) is 6.92 Å². The summed E-state index contributed by atoms with van der Waals surface area (Å²) >= 11 is 5.58. The lowest BCUT2D eigenvalue weighted by Crippen LogP contribution is -2.05. The number of ether oxygens (including phenoxy) is 1. The highest BCUT2D eigenvalue weighted by Gasteiger charge is 2.16. The van der Waals surface area contributed by atoms with Gasteiger partial charge in [0.2, 0.25) is 0 Å². The monoisotopic (exact) mass is 302 g/mol. The number of benzene rings is 1. The van der Waals surface area contributed by atoms with Gasteiger partial charge in [-0.1, -0.05) is 17.7 Å². The molecule has 0 radical (unpaired) electrons. The van der Waals surface area contributed by atoms with E-state index in [1.807, 2.05) is 0 Å². The van der Waals surface area contributed by atoms with Gasteiger partial charge >= 0.3 is 0 Å². The van der Waals surface area contributed by atoms with E-state index in [9.17, 15) is 13.2 Å². The van der Waals surface area contributed by atoms with E-state index in [0.717, 1.165) is 0 Å². The molecule has 1 N–H and O–H groups in total. The smallest absolute Gasteiger partial charge is 0.258 e. The van der Waals surface area contributed by atoms with Crippen molar-refractivity contribution in [2.75, 3.05) is 11.9 Å². The van der Waals surface area contributed by atoms with Gasteiger partial charge < -0.3 is 10.1 Å². The average Bonchev–Trinajstić information content (AvgIpc) is 2.40. The molecule has 0 aliphatic heterocycles. The van der Waals surface area contributed by atoms with Crippen molar-refractivity contribution in [3.63, 3.8) is 0 Å². The van der Waals surface area contributed by atoms with Crippen molar-refractivity contribution in [3.05, 3.63) is 46.7 Å². The Balaban J connectivity index is 2.38. The van der Waals surface area contributed by atoms with Crippen molar-refractivity contribution in [2.24, 2.45) is 0 Å². The number of pyridine rings is 1. The molecular formula is C13H10ClF3N2O. The topological polar surface area (TPSA) is 34.2 Å².